The minimum absolute atomic E-state index is 0.218. The summed E-state index contributed by atoms with van der Waals surface area (Å²) >= 11 is 0. The van der Waals surface area contributed by atoms with Crippen LogP contribution in [0.15, 0.2) is 18.2 Å². The first-order valence-corrected chi connectivity index (χ1v) is 6.81. The zero-order valence-electron chi connectivity index (χ0n) is 11.6. The lowest BCUT2D eigenvalue weighted by Crippen LogP contribution is -2.25. The van der Waals surface area contributed by atoms with Crippen molar-refractivity contribution in [1.29, 1.82) is 0 Å². The molecule has 1 N–H and O–H groups in total. The van der Waals surface area contributed by atoms with Crippen LogP contribution in [0.2, 0.25) is 0 Å². The van der Waals surface area contributed by atoms with E-state index in [4.69, 9.17) is 0 Å². The molecule has 0 heterocycles. The zero-order chi connectivity index (χ0) is 13.4. The number of halogens is 1. The van der Waals surface area contributed by atoms with Crippen LogP contribution in [0, 0.1) is 18.2 Å². The molecule has 2 heteroatoms. The van der Waals surface area contributed by atoms with Crippen molar-refractivity contribution in [3.05, 3.63) is 35.1 Å². The van der Waals surface area contributed by atoms with Crippen LogP contribution in [0.5, 0.6) is 0 Å². The molecule has 2 rings (SSSR count). The van der Waals surface area contributed by atoms with Crippen LogP contribution in [-0.2, 0) is 5.60 Å². The summed E-state index contributed by atoms with van der Waals surface area (Å²) in [7, 11) is 0. The van der Waals surface area contributed by atoms with Gasteiger partial charge >= 0.3 is 0 Å². The Hall–Kier alpha value is -0.890. The van der Waals surface area contributed by atoms with Crippen molar-refractivity contribution in [3.8, 4) is 0 Å². The summed E-state index contributed by atoms with van der Waals surface area (Å²) in [5.41, 5.74) is 0.815. The SMILES string of the molecule is Cc1ccc(C2(O)CCCC(C)(C)CC2)cc1F. The largest absolute Gasteiger partial charge is 0.385 e. The van der Waals surface area contributed by atoms with Crippen LogP contribution in [0.3, 0.4) is 0 Å². The van der Waals surface area contributed by atoms with E-state index in [2.05, 4.69) is 13.8 Å². The van der Waals surface area contributed by atoms with Crippen LogP contribution in [0.4, 0.5) is 4.39 Å². The number of benzene rings is 1. The van der Waals surface area contributed by atoms with Gasteiger partial charge in [0.25, 0.3) is 0 Å². The van der Waals surface area contributed by atoms with Gasteiger partial charge in [-0.3, -0.25) is 0 Å². The van der Waals surface area contributed by atoms with Crippen molar-refractivity contribution < 1.29 is 9.50 Å². The Morgan fingerprint density at radius 2 is 1.83 bits per heavy atom. The Labute approximate surface area is 109 Å². The molecule has 0 amide bonds. The first-order valence-electron chi connectivity index (χ1n) is 6.81. The molecule has 1 nitrogen and oxygen atoms in total. The van der Waals surface area contributed by atoms with Crippen LogP contribution >= 0.6 is 0 Å². The second kappa shape index (κ2) is 4.65. The van der Waals surface area contributed by atoms with Gasteiger partial charge in [-0.25, -0.2) is 4.39 Å². The Balaban J connectivity index is 2.27. The molecule has 0 radical (unpaired) electrons. The highest BCUT2D eigenvalue weighted by atomic mass is 19.1. The van der Waals surface area contributed by atoms with Crippen LogP contribution in [0.1, 0.15) is 57.1 Å². The maximum absolute atomic E-state index is 13.6. The Morgan fingerprint density at radius 3 is 2.50 bits per heavy atom. The monoisotopic (exact) mass is 250 g/mol. The van der Waals surface area contributed by atoms with E-state index in [1.165, 1.54) is 6.07 Å². The van der Waals surface area contributed by atoms with E-state index >= 15 is 0 Å². The van der Waals surface area contributed by atoms with Gasteiger partial charge in [0.15, 0.2) is 0 Å². The summed E-state index contributed by atoms with van der Waals surface area (Å²) in [5.74, 6) is -0.218. The van der Waals surface area contributed by atoms with Crippen molar-refractivity contribution in [1.82, 2.24) is 0 Å². The molecule has 0 aliphatic heterocycles. The molecular formula is C16H23FO. The second-order valence-electron chi connectivity index (χ2n) is 6.51. The van der Waals surface area contributed by atoms with Gasteiger partial charge in [0.05, 0.1) is 5.60 Å². The third-order valence-corrected chi connectivity index (χ3v) is 4.37. The molecule has 1 aromatic rings. The van der Waals surface area contributed by atoms with E-state index in [9.17, 15) is 9.50 Å². The van der Waals surface area contributed by atoms with Crippen molar-refractivity contribution in [2.75, 3.05) is 0 Å². The van der Waals surface area contributed by atoms with Crippen LogP contribution in [-0.4, -0.2) is 5.11 Å². The fourth-order valence-electron chi connectivity index (χ4n) is 2.83. The molecule has 18 heavy (non-hydrogen) atoms. The van der Waals surface area contributed by atoms with Crippen molar-refractivity contribution in [3.63, 3.8) is 0 Å². The standard InChI is InChI=1S/C16H23FO/c1-12-5-6-13(11-14(12)17)16(18)8-4-7-15(2,3)9-10-16/h5-6,11,18H,4,7-10H2,1-3H3. The molecule has 0 spiro atoms. The molecule has 1 aliphatic carbocycles. The van der Waals surface area contributed by atoms with Gasteiger partial charge in [0.1, 0.15) is 5.82 Å². The van der Waals surface area contributed by atoms with Gasteiger partial charge in [0.2, 0.25) is 0 Å². The summed E-state index contributed by atoms with van der Waals surface area (Å²) in [6, 6.07) is 5.14. The number of rotatable bonds is 1. The van der Waals surface area contributed by atoms with Gasteiger partial charge in [-0.1, -0.05) is 26.0 Å². The van der Waals surface area contributed by atoms with Gasteiger partial charge in [-0.15, -0.1) is 0 Å². The van der Waals surface area contributed by atoms with E-state index in [-0.39, 0.29) is 11.2 Å². The van der Waals surface area contributed by atoms with E-state index in [1.807, 2.05) is 6.07 Å². The number of hydrogen-bond donors (Lipinski definition) is 1. The molecule has 0 saturated heterocycles. The molecular weight excluding hydrogens is 227 g/mol. The highest BCUT2D eigenvalue weighted by molar-refractivity contribution is 5.28. The van der Waals surface area contributed by atoms with E-state index < -0.39 is 5.60 Å². The molecule has 1 atom stereocenters. The molecule has 1 aliphatic rings. The Bertz CT molecular complexity index is 439. The first-order chi connectivity index (χ1) is 8.32. The maximum Gasteiger partial charge on any atom is 0.126 e. The quantitative estimate of drug-likeness (QED) is 0.736. The number of hydrogen-bond acceptors (Lipinski definition) is 1. The first kappa shape index (κ1) is 13.5. The number of aliphatic hydroxyl groups is 1. The van der Waals surface area contributed by atoms with Crippen LogP contribution in [0.25, 0.3) is 0 Å². The average molecular weight is 250 g/mol. The van der Waals surface area contributed by atoms with Crippen molar-refractivity contribution >= 4 is 0 Å². The fraction of sp³-hybridized carbons (Fsp3) is 0.625. The smallest absolute Gasteiger partial charge is 0.126 e. The summed E-state index contributed by atoms with van der Waals surface area (Å²) < 4.78 is 13.6. The topological polar surface area (TPSA) is 20.2 Å². The van der Waals surface area contributed by atoms with E-state index in [0.717, 1.165) is 37.7 Å². The zero-order valence-corrected chi connectivity index (χ0v) is 11.6. The molecule has 100 valence electrons. The normalized spacial score (nSPS) is 27.8. The minimum Gasteiger partial charge on any atom is -0.385 e. The van der Waals surface area contributed by atoms with Crippen molar-refractivity contribution in [2.24, 2.45) is 5.41 Å². The van der Waals surface area contributed by atoms with Crippen molar-refractivity contribution in [2.45, 2.75) is 58.5 Å². The average Bonchev–Trinajstić information content (AvgIpc) is 2.43. The lowest BCUT2D eigenvalue weighted by Gasteiger charge is -2.28. The summed E-state index contributed by atoms with van der Waals surface area (Å²) in [6.07, 6.45) is 4.57. The molecule has 1 unspecified atom stereocenters. The summed E-state index contributed by atoms with van der Waals surface area (Å²) in [6.45, 7) is 6.24. The maximum atomic E-state index is 13.6. The summed E-state index contributed by atoms with van der Waals surface area (Å²) in [4.78, 5) is 0. The predicted octanol–water partition coefficient (Wildman–Crippen LogP) is 4.31. The van der Waals surface area contributed by atoms with Gasteiger partial charge in [0, 0.05) is 0 Å². The van der Waals surface area contributed by atoms with Gasteiger partial charge < -0.3 is 5.11 Å². The van der Waals surface area contributed by atoms with E-state index in [0.29, 0.717) is 5.56 Å². The third kappa shape index (κ3) is 2.74. The predicted molar refractivity (Wildman–Crippen MR) is 71.9 cm³/mol. The highest BCUT2D eigenvalue weighted by Gasteiger charge is 2.35. The van der Waals surface area contributed by atoms with Gasteiger partial charge in [-0.05, 0) is 61.6 Å². The molecule has 1 aromatic carbocycles. The summed E-state index contributed by atoms with van der Waals surface area (Å²) in [5, 5.41) is 10.8. The lowest BCUT2D eigenvalue weighted by molar-refractivity contribution is 0.0177. The lowest BCUT2D eigenvalue weighted by atomic mass is 9.82. The third-order valence-electron chi connectivity index (χ3n) is 4.37. The Morgan fingerprint density at radius 1 is 1.11 bits per heavy atom. The minimum atomic E-state index is -0.845. The number of aryl methyl sites for hydroxylation is 1. The molecule has 1 saturated carbocycles. The molecule has 0 aromatic heterocycles. The Kier molecular flexibility index (Phi) is 3.50. The second-order valence-corrected chi connectivity index (χ2v) is 6.51. The van der Waals surface area contributed by atoms with Gasteiger partial charge in [-0.2, -0.15) is 0 Å². The highest BCUT2D eigenvalue weighted by Crippen LogP contribution is 2.42. The molecule has 1 fully saturated rings. The van der Waals surface area contributed by atoms with E-state index in [1.54, 1.807) is 13.0 Å². The fourth-order valence-corrected chi connectivity index (χ4v) is 2.83. The molecule has 0 bridgehead atoms. The van der Waals surface area contributed by atoms with Crippen LogP contribution < -0.4 is 0 Å².